The van der Waals surface area contributed by atoms with E-state index in [4.69, 9.17) is 0 Å². The van der Waals surface area contributed by atoms with E-state index in [0.29, 0.717) is 11.4 Å². The summed E-state index contributed by atoms with van der Waals surface area (Å²) in [4.78, 5) is 43.3. The van der Waals surface area contributed by atoms with Crippen LogP contribution < -0.4 is 4.90 Å². The molecule has 0 spiro atoms. The minimum atomic E-state index is -1.14. The Hall–Kier alpha value is -3.21. The average molecular weight is 327 g/mol. The molecule has 0 radical (unpaired) electrons. The maximum absolute atomic E-state index is 12.1. The Morgan fingerprint density at radius 2 is 1.79 bits per heavy atom. The third-order valence-corrected chi connectivity index (χ3v) is 3.84. The van der Waals surface area contributed by atoms with Crippen LogP contribution in [0.4, 0.5) is 16.2 Å². The van der Waals surface area contributed by atoms with Crippen molar-refractivity contribution in [3.05, 3.63) is 24.3 Å². The molecule has 2 rings (SSSR count). The number of rotatable bonds is 2. The van der Waals surface area contributed by atoms with Gasteiger partial charge in [0.25, 0.3) is 5.91 Å². The van der Waals surface area contributed by atoms with Crippen LogP contribution in [-0.4, -0.2) is 54.6 Å². The number of hydrogen-bond acceptors (Lipinski definition) is 5. The quantitative estimate of drug-likeness (QED) is 0.819. The van der Waals surface area contributed by atoms with Crippen molar-refractivity contribution >= 4 is 35.1 Å². The number of amides is 4. The predicted octanol–water partition coefficient (Wildman–Crippen LogP) is 1.36. The molecule has 4 amide bonds. The van der Waals surface area contributed by atoms with Crippen LogP contribution in [0.2, 0.25) is 0 Å². The Kier molecular flexibility index (Phi) is 4.64. The maximum atomic E-state index is 12.1. The number of anilines is 1. The van der Waals surface area contributed by atoms with E-state index in [2.05, 4.69) is 4.99 Å². The van der Waals surface area contributed by atoms with E-state index >= 15 is 0 Å². The zero-order valence-electron chi connectivity index (χ0n) is 13.8. The van der Waals surface area contributed by atoms with E-state index in [9.17, 15) is 19.6 Å². The molecule has 1 atom stereocenters. The Morgan fingerprint density at radius 3 is 2.29 bits per heavy atom. The van der Waals surface area contributed by atoms with Gasteiger partial charge in [0.2, 0.25) is 5.91 Å². The highest BCUT2D eigenvalue weighted by Gasteiger charge is 2.41. The summed E-state index contributed by atoms with van der Waals surface area (Å²) >= 11 is 0. The van der Waals surface area contributed by atoms with Crippen molar-refractivity contribution in [2.75, 3.05) is 26.0 Å². The monoisotopic (exact) mass is 327 g/mol. The van der Waals surface area contributed by atoms with Crippen molar-refractivity contribution in [2.24, 2.45) is 10.9 Å². The summed E-state index contributed by atoms with van der Waals surface area (Å²) in [5.74, 6) is -1.77. The number of carbonyl (C=O) groups excluding carboxylic acids is 3. The van der Waals surface area contributed by atoms with E-state index in [1.165, 1.54) is 30.8 Å². The van der Waals surface area contributed by atoms with Gasteiger partial charge >= 0.3 is 6.03 Å². The van der Waals surface area contributed by atoms with E-state index < -0.39 is 17.9 Å². The number of imide groups is 1. The molecule has 8 nitrogen and oxygen atoms in total. The molecule has 1 aromatic rings. The van der Waals surface area contributed by atoms with E-state index in [1.807, 2.05) is 6.07 Å². The molecule has 124 valence electrons. The summed E-state index contributed by atoms with van der Waals surface area (Å²) in [6.07, 6.45) is 0. The number of benzene rings is 1. The summed E-state index contributed by atoms with van der Waals surface area (Å²) in [5.41, 5.74) is 1.16. The van der Waals surface area contributed by atoms with Gasteiger partial charge in [-0.05, 0) is 24.3 Å². The highest BCUT2D eigenvalue weighted by atomic mass is 16.2. The zero-order valence-corrected chi connectivity index (χ0v) is 13.8. The molecule has 1 fully saturated rings. The molecule has 1 heterocycles. The van der Waals surface area contributed by atoms with Crippen molar-refractivity contribution in [3.8, 4) is 6.07 Å². The number of nitrogens with zero attached hydrogens (tertiary/aromatic N) is 5. The first-order valence-corrected chi connectivity index (χ1v) is 7.15. The molecule has 1 unspecified atom stereocenters. The lowest BCUT2D eigenvalue weighted by Crippen LogP contribution is -2.56. The third-order valence-electron chi connectivity index (χ3n) is 3.84. The third kappa shape index (κ3) is 2.96. The van der Waals surface area contributed by atoms with Crippen molar-refractivity contribution in [2.45, 2.75) is 6.92 Å². The maximum Gasteiger partial charge on any atom is 0.331 e. The first-order chi connectivity index (χ1) is 11.3. The minimum absolute atomic E-state index is 0.0817. The second-order valence-corrected chi connectivity index (χ2v) is 5.37. The van der Waals surface area contributed by atoms with E-state index in [-0.39, 0.29) is 11.7 Å². The van der Waals surface area contributed by atoms with Crippen LogP contribution in [0.25, 0.3) is 0 Å². The predicted molar refractivity (Wildman–Crippen MR) is 87.7 cm³/mol. The van der Waals surface area contributed by atoms with E-state index in [1.54, 1.807) is 31.3 Å². The highest BCUT2D eigenvalue weighted by Crippen LogP contribution is 2.23. The fraction of sp³-hybridized carbons (Fsp3) is 0.312. The van der Waals surface area contributed by atoms with Gasteiger partial charge in [-0.25, -0.2) is 9.79 Å². The van der Waals surface area contributed by atoms with Gasteiger partial charge in [0, 0.05) is 33.8 Å². The molecule has 0 N–H and O–H groups in total. The standard InChI is InChI=1S/C16H17N5O3/c1-10(22)19(2)12-7-5-11(6-8-12)18-14-13(9-17)15(23)21(4)16(24)20(14)3/h5-8,13H,1-4H3. The Labute approximate surface area is 139 Å². The molecule has 0 bridgehead atoms. The topological polar surface area (TPSA) is 97.1 Å². The number of hydrogen-bond donors (Lipinski definition) is 0. The number of aliphatic imine (C=N–C) groups is 1. The SMILES string of the molecule is CC(=O)N(C)c1ccc(N=C2C(C#N)C(=O)N(C)C(=O)N2C)cc1. The van der Waals surface area contributed by atoms with Crippen LogP contribution in [0.15, 0.2) is 29.3 Å². The zero-order chi connectivity index (χ0) is 18.0. The molecule has 24 heavy (non-hydrogen) atoms. The first-order valence-electron chi connectivity index (χ1n) is 7.15. The molecule has 1 saturated heterocycles. The fourth-order valence-corrected chi connectivity index (χ4v) is 2.23. The lowest BCUT2D eigenvalue weighted by molar-refractivity contribution is -0.129. The van der Waals surface area contributed by atoms with Gasteiger partial charge in [-0.15, -0.1) is 0 Å². The van der Waals surface area contributed by atoms with Crippen molar-refractivity contribution < 1.29 is 14.4 Å². The summed E-state index contributed by atoms with van der Waals surface area (Å²) in [7, 11) is 4.44. The van der Waals surface area contributed by atoms with Crippen LogP contribution in [-0.2, 0) is 9.59 Å². The van der Waals surface area contributed by atoms with Crippen molar-refractivity contribution in [3.63, 3.8) is 0 Å². The van der Waals surface area contributed by atoms with Crippen LogP contribution in [0.3, 0.4) is 0 Å². The molecule has 0 saturated carbocycles. The molecular weight excluding hydrogens is 310 g/mol. The van der Waals surface area contributed by atoms with Gasteiger partial charge in [-0.2, -0.15) is 5.26 Å². The summed E-state index contributed by atoms with van der Waals surface area (Å²) in [6.45, 7) is 1.45. The van der Waals surface area contributed by atoms with Crippen molar-refractivity contribution in [1.82, 2.24) is 9.80 Å². The normalized spacial score (nSPS) is 19.5. The summed E-state index contributed by atoms with van der Waals surface area (Å²) in [6, 6.07) is 8.03. The first kappa shape index (κ1) is 17.1. The van der Waals surface area contributed by atoms with Crippen LogP contribution >= 0.6 is 0 Å². The molecule has 0 aliphatic carbocycles. The molecular formula is C16H17N5O3. The van der Waals surface area contributed by atoms with Gasteiger partial charge in [0.1, 0.15) is 5.84 Å². The number of carbonyl (C=O) groups is 3. The molecule has 1 aromatic carbocycles. The summed E-state index contributed by atoms with van der Waals surface area (Å²) in [5, 5.41) is 9.25. The van der Waals surface area contributed by atoms with Crippen molar-refractivity contribution in [1.29, 1.82) is 5.26 Å². The molecule has 0 aromatic heterocycles. The Morgan fingerprint density at radius 1 is 1.21 bits per heavy atom. The van der Waals surface area contributed by atoms with Gasteiger partial charge in [-0.1, -0.05) is 0 Å². The fourth-order valence-electron chi connectivity index (χ4n) is 2.23. The van der Waals surface area contributed by atoms with E-state index in [0.717, 1.165) is 4.90 Å². The lowest BCUT2D eigenvalue weighted by Gasteiger charge is -2.32. The lowest BCUT2D eigenvalue weighted by atomic mass is 10.1. The van der Waals surface area contributed by atoms with Gasteiger partial charge < -0.3 is 4.90 Å². The minimum Gasteiger partial charge on any atom is -0.316 e. The van der Waals surface area contributed by atoms with Crippen LogP contribution in [0, 0.1) is 17.2 Å². The number of amidine groups is 1. The highest BCUT2D eigenvalue weighted by molar-refractivity contribution is 6.19. The van der Waals surface area contributed by atoms with Crippen LogP contribution in [0.5, 0.6) is 0 Å². The van der Waals surface area contributed by atoms with Gasteiger partial charge in [-0.3, -0.25) is 19.4 Å². The summed E-state index contributed by atoms with van der Waals surface area (Å²) < 4.78 is 0. The largest absolute Gasteiger partial charge is 0.331 e. The van der Waals surface area contributed by atoms with Gasteiger partial charge in [0.15, 0.2) is 5.92 Å². The number of urea groups is 1. The molecule has 8 heteroatoms. The second kappa shape index (κ2) is 6.50. The average Bonchev–Trinajstić information content (AvgIpc) is 2.58. The van der Waals surface area contributed by atoms with Crippen LogP contribution in [0.1, 0.15) is 6.92 Å². The Balaban J connectivity index is 2.38. The van der Waals surface area contributed by atoms with Gasteiger partial charge in [0.05, 0.1) is 11.8 Å². The smallest absolute Gasteiger partial charge is 0.316 e. The molecule has 1 aliphatic rings. The number of nitriles is 1. The Bertz CT molecular complexity index is 763. The second-order valence-electron chi connectivity index (χ2n) is 5.37. The molecule has 1 aliphatic heterocycles.